The molecule has 9 nitrogen and oxygen atoms in total. The summed E-state index contributed by atoms with van der Waals surface area (Å²) in [5.74, 6) is 0.309. The lowest BCUT2D eigenvalue weighted by Gasteiger charge is -2.35. The van der Waals surface area contributed by atoms with Gasteiger partial charge in [0.25, 0.3) is 0 Å². The summed E-state index contributed by atoms with van der Waals surface area (Å²) >= 11 is 5.90. The van der Waals surface area contributed by atoms with E-state index in [1.54, 1.807) is 12.3 Å². The third kappa shape index (κ3) is 5.45. The molecule has 174 valence electrons. The number of nitrogens with zero attached hydrogens (tertiary/aromatic N) is 5. The molecule has 0 unspecified atom stereocenters. The van der Waals surface area contributed by atoms with Crippen molar-refractivity contribution in [1.29, 1.82) is 0 Å². The summed E-state index contributed by atoms with van der Waals surface area (Å²) in [6, 6.07) is 4.93. The van der Waals surface area contributed by atoms with Crippen molar-refractivity contribution in [3.8, 4) is 0 Å². The van der Waals surface area contributed by atoms with Crippen LogP contribution in [0, 0.1) is 5.82 Å². The maximum atomic E-state index is 13.5. The summed E-state index contributed by atoms with van der Waals surface area (Å²) in [6.45, 7) is 0.227. The van der Waals surface area contributed by atoms with E-state index in [0.717, 1.165) is 25.7 Å². The number of carbonyl (C=O) groups excluding carboxylic acids is 1. The Bertz CT molecular complexity index is 1140. The first-order valence-electron chi connectivity index (χ1n) is 10.7. The second-order valence-corrected chi connectivity index (χ2v) is 8.36. The lowest BCUT2D eigenvalue weighted by atomic mass is 9.90. The van der Waals surface area contributed by atoms with Gasteiger partial charge in [0.15, 0.2) is 5.82 Å². The minimum absolute atomic E-state index is 0.0186. The van der Waals surface area contributed by atoms with E-state index in [1.165, 1.54) is 25.6 Å². The van der Waals surface area contributed by atoms with Gasteiger partial charge in [0.05, 0.1) is 24.9 Å². The Balaban J connectivity index is 1.47. The summed E-state index contributed by atoms with van der Waals surface area (Å²) in [4.78, 5) is 31.2. The molecule has 2 N–H and O–H groups in total. The molecular weight excluding hydrogens is 449 g/mol. The van der Waals surface area contributed by atoms with E-state index in [1.807, 2.05) is 7.05 Å². The smallest absolute Gasteiger partial charge is 0.319 e. The fraction of sp³-hybridized carbons (Fsp3) is 0.409. The van der Waals surface area contributed by atoms with Crippen molar-refractivity contribution < 1.29 is 13.9 Å². The summed E-state index contributed by atoms with van der Waals surface area (Å²) in [6.07, 6.45) is 6.87. The molecule has 0 amide bonds. The molecule has 0 radical (unpaired) electrons. The molecule has 1 fully saturated rings. The van der Waals surface area contributed by atoms with Crippen LogP contribution in [0.3, 0.4) is 0 Å². The van der Waals surface area contributed by atoms with E-state index in [0.29, 0.717) is 28.5 Å². The number of anilines is 3. The van der Waals surface area contributed by atoms with E-state index in [4.69, 9.17) is 16.6 Å². The van der Waals surface area contributed by atoms with Gasteiger partial charge in [-0.3, -0.25) is 4.79 Å². The van der Waals surface area contributed by atoms with Crippen LogP contribution in [0.2, 0.25) is 5.02 Å². The predicted molar refractivity (Wildman–Crippen MR) is 124 cm³/mol. The van der Waals surface area contributed by atoms with Gasteiger partial charge in [0.1, 0.15) is 23.2 Å². The number of hydrogen-bond acceptors (Lipinski definition) is 9. The lowest BCUT2D eigenvalue weighted by Crippen LogP contribution is -2.42. The Kier molecular flexibility index (Phi) is 7.14. The fourth-order valence-corrected chi connectivity index (χ4v) is 4.13. The third-order valence-electron chi connectivity index (χ3n) is 5.87. The molecule has 0 atom stereocenters. The molecule has 0 aliphatic heterocycles. The number of nitrogens with one attached hydrogen (secondary N) is 2. The van der Waals surface area contributed by atoms with Crippen molar-refractivity contribution in [3.05, 3.63) is 41.6 Å². The predicted octanol–water partition coefficient (Wildman–Crippen LogP) is 3.47. The van der Waals surface area contributed by atoms with Gasteiger partial charge in [0.2, 0.25) is 5.95 Å². The van der Waals surface area contributed by atoms with Crippen molar-refractivity contribution in [2.75, 3.05) is 30.9 Å². The van der Waals surface area contributed by atoms with Gasteiger partial charge < -0.3 is 20.3 Å². The molecule has 33 heavy (non-hydrogen) atoms. The fourth-order valence-electron chi connectivity index (χ4n) is 3.95. The first kappa shape index (κ1) is 23.1. The molecule has 2 aromatic heterocycles. The average Bonchev–Trinajstić information content (AvgIpc) is 2.84. The third-order valence-corrected chi connectivity index (χ3v) is 6.16. The number of esters is 1. The average molecular weight is 474 g/mol. The van der Waals surface area contributed by atoms with Crippen molar-refractivity contribution >= 4 is 46.1 Å². The minimum atomic E-state index is -0.490. The van der Waals surface area contributed by atoms with Crippen molar-refractivity contribution in [1.82, 2.24) is 25.3 Å². The quantitative estimate of drug-likeness (QED) is 0.499. The van der Waals surface area contributed by atoms with Crippen molar-refractivity contribution in [2.45, 2.75) is 37.8 Å². The molecule has 4 rings (SSSR count). The molecule has 3 aromatic rings. The Morgan fingerprint density at radius 2 is 2.03 bits per heavy atom. The highest BCUT2D eigenvalue weighted by Gasteiger charge is 2.26. The van der Waals surface area contributed by atoms with E-state index in [9.17, 15) is 9.18 Å². The summed E-state index contributed by atoms with van der Waals surface area (Å²) in [7, 11) is 3.37. The minimum Gasteiger partial charge on any atom is -0.468 e. The van der Waals surface area contributed by atoms with Gasteiger partial charge in [-0.05, 0) is 43.9 Å². The number of hydrogen-bond donors (Lipinski definition) is 2. The van der Waals surface area contributed by atoms with E-state index in [2.05, 4.69) is 35.2 Å². The van der Waals surface area contributed by atoms with E-state index < -0.39 is 5.82 Å². The molecule has 1 aromatic carbocycles. The Labute approximate surface area is 195 Å². The number of ether oxygens (including phenoxy) is 1. The molecule has 0 spiro atoms. The summed E-state index contributed by atoms with van der Waals surface area (Å²) < 4.78 is 18.2. The highest BCUT2D eigenvalue weighted by atomic mass is 35.5. The van der Waals surface area contributed by atoms with Gasteiger partial charge in [0, 0.05) is 24.8 Å². The number of benzene rings is 1. The molecule has 11 heteroatoms. The topological polar surface area (TPSA) is 105 Å². The van der Waals surface area contributed by atoms with Crippen LogP contribution in [0.5, 0.6) is 0 Å². The van der Waals surface area contributed by atoms with Crippen LogP contribution in [-0.2, 0) is 9.53 Å². The van der Waals surface area contributed by atoms with Crippen LogP contribution in [0.15, 0.2) is 30.7 Å². The number of methoxy groups -OCH3 is 1. The zero-order chi connectivity index (χ0) is 23.4. The molecular formula is C22H25ClFN7O2. The Morgan fingerprint density at radius 3 is 2.76 bits per heavy atom. The van der Waals surface area contributed by atoms with Crippen LogP contribution in [0.4, 0.5) is 21.8 Å². The summed E-state index contributed by atoms with van der Waals surface area (Å²) in [5.41, 5.74) is 1.74. The van der Waals surface area contributed by atoms with Crippen LogP contribution in [-0.4, -0.2) is 58.7 Å². The highest BCUT2D eigenvalue weighted by Crippen LogP contribution is 2.28. The molecule has 0 bridgehead atoms. The number of carbonyl (C=O) groups is 1. The van der Waals surface area contributed by atoms with Gasteiger partial charge >= 0.3 is 5.97 Å². The Morgan fingerprint density at radius 1 is 1.24 bits per heavy atom. The van der Waals surface area contributed by atoms with Crippen LogP contribution in [0.1, 0.15) is 25.7 Å². The van der Waals surface area contributed by atoms with Gasteiger partial charge in [-0.2, -0.15) is 0 Å². The molecule has 1 aliphatic rings. The van der Waals surface area contributed by atoms with Crippen molar-refractivity contribution in [2.24, 2.45) is 0 Å². The maximum Gasteiger partial charge on any atom is 0.319 e. The molecule has 0 saturated heterocycles. The van der Waals surface area contributed by atoms with E-state index in [-0.39, 0.29) is 29.6 Å². The number of halogens is 2. The van der Waals surface area contributed by atoms with Crippen LogP contribution in [0.25, 0.3) is 11.0 Å². The monoisotopic (exact) mass is 473 g/mol. The zero-order valence-electron chi connectivity index (χ0n) is 18.4. The van der Waals surface area contributed by atoms with Crippen LogP contribution >= 0.6 is 11.6 Å². The second-order valence-electron chi connectivity index (χ2n) is 7.95. The molecule has 2 heterocycles. The molecule has 1 saturated carbocycles. The normalized spacial score (nSPS) is 18.2. The van der Waals surface area contributed by atoms with Gasteiger partial charge in [-0.25, -0.2) is 24.3 Å². The second kappa shape index (κ2) is 10.2. The number of rotatable bonds is 7. The largest absolute Gasteiger partial charge is 0.468 e. The summed E-state index contributed by atoms with van der Waals surface area (Å²) in [5, 5.41) is 6.41. The maximum absolute atomic E-state index is 13.5. The first-order chi connectivity index (χ1) is 15.9. The van der Waals surface area contributed by atoms with Gasteiger partial charge in [-0.1, -0.05) is 11.6 Å². The zero-order valence-corrected chi connectivity index (χ0v) is 19.1. The SMILES string of the molecule is COC(=O)CNC1CCC(N(C)c2ncc3ncnc(Nc4ccc(F)c(Cl)c4)c3n2)CC1. The van der Waals surface area contributed by atoms with Gasteiger partial charge in [-0.15, -0.1) is 0 Å². The molecule has 1 aliphatic carbocycles. The van der Waals surface area contributed by atoms with Crippen molar-refractivity contribution in [3.63, 3.8) is 0 Å². The number of aromatic nitrogens is 4. The van der Waals surface area contributed by atoms with Crippen LogP contribution < -0.4 is 15.5 Å². The number of fused-ring (bicyclic) bond motifs is 1. The lowest BCUT2D eigenvalue weighted by molar-refractivity contribution is -0.139. The highest BCUT2D eigenvalue weighted by molar-refractivity contribution is 6.31. The van der Waals surface area contributed by atoms with E-state index >= 15 is 0 Å². The standard InChI is InChI=1S/C22H25ClFN7O2/c1-31(15-6-3-13(4-7-15)25-11-19(32)33-2)22-26-10-18-20(30-22)21(28-12-27-18)29-14-5-8-17(24)16(23)9-14/h5,8-10,12-13,15,25H,3-4,6-7,11H2,1-2H3,(H,27,28,29). The first-order valence-corrected chi connectivity index (χ1v) is 11.0. The Hall–Kier alpha value is -3.11.